The topological polar surface area (TPSA) is 66.9 Å². The normalized spacial score (nSPS) is 20.0. The Morgan fingerprint density at radius 3 is 2.22 bits per heavy atom. The van der Waals surface area contributed by atoms with Crippen molar-refractivity contribution >= 4 is 15.9 Å². The maximum atomic E-state index is 13.9. The Balaban J connectivity index is 1.75. The van der Waals surface area contributed by atoms with Gasteiger partial charge in [0.15, 0.2) is 0 Å². The highest BCUT2D eigenvalue weighted by molar-refractivity contribution is 7.89. The molecule has 36 heavy (non-hydrogen) atoms. The van der Waals surface area contributed by atoms with Crippen LogP contribution in [0.3, 0.4) is 0 Å². The zero-order chi connectivity index (χ0) is 25.9. The van der Waals surface area contributed by atoms with Gasteiger partial charge in [-0.05, 0) is 61.4 Å². The van der Waals surface area contributed by atoms with Crippen LogP contribution in [0.1, 0.15) is 29.7 Å². The van der Waals surface area contributed by atoms with E-state index in [0.29, 0.717) is 5.75 Å². The standard InChI is InChI=1S/C28H29FN2O4S/c1-20-6-16-26(17-7-20)36(33,34)31-18-4-5-27(23-10-14-25(35-3)15-11-23)30(28(32)21(31)2)19-22-8-12-24(29)13-9-22/h4-17,21,27H,18-19H2,1-3H3/b5-4-/t21-,27?/m0/s1. The van der Waals surface area contributed by atoms with E-state index in [-0.39, 0.29) is 29.7 Å². The van der Waals surface area contributed by atoms with Gasteiger partial charge in [0.05, 0.1) is 18.0 Å². The Morgan fingerprint density at radius 2 is 1.61 bits per heavy atom. The molecule has 2 atom stereocenters. The van der Waals surface area contributed by atoms with E-state index in [1.54, 1.807) is 61.4 Å². The van der Waals surface area contributed by atoms with E-state index in [4.69, 9.17) is 4.74 Å². The van der Waals surface area contributed by atoms with Gasteiger partial charge in [0.25, 0.3) is 0 Å². The molecule has 0 saturated heterocycles. The van der Waals surface area contributed by atoms with Gasteiger partial charge in [0.2, 0.25) is 15.9 Å². The first-order valence-electron chi connectivity index (χ1n) is 11.6. The highest BCUT2D eigenvalue weighted by atomic mass is 32.2. The van der Waals surface area contributed by atoms with Crippen molar-refractivity contribution in [2.75, 3.05) is 13.7 Å². The predicted octanol–water partition coefficient (Wildman–Crippen LogP) is 4.86. The number of ether oxygens (including phenoxy) is 1. The van der Waals surface area contributed by atoms with Gasteiger partial charge in [0.1, 0.15) is 17.6 Å². The van der Waals surface area contributed by atoms with Gasteiger partial charge >= 0.3 is 0 Å². The molecule has 3 aromatic carbocycles. The quantitative estimate of drug-likeness (QED) is 0.446. The Morgan fingerprint density at radius 1 is 0.972 bits per heavy atom. The van der Waals surface area contributed by atoms with Crippen LogP contribution in [0.4, 0.5) is 4.39 Å². The molecule has 1 unspecified atom stereocenters. The number of aryl methyl sites for hydroxylation is 1. The Hall–Kier alpha value is -3.49. The minimum absolute atomic E-state index is 0.0557. The molecule has 6 nitrogen and oxygen atoms in total. The van der Waals surface area contributed by atoms with E-state index in [1.807, 2.05) is 37.3 Å². The van der Waals surface area contributed by atoms with Gasteiger partial charge in [-0.3, -0.25) is 4.79 Å². The summed E-state index contributed by atoms with van der Waals surface area (Å²) in [5.74, 6) is -0.0259. The number of carbonyl (C=O) groups is 1. The molecular weight excluding hydrogens is 479 g/mol. The summed E-state index contributed by atoms with van der Waals surface area (Å²) in [6.45, 7) is 3.73. The van der Waals surface area contributed by atoms with Gasteiger partial charge in [-0.15, -0.1) is 0 Å². The molecule has 0 bridgehead atoms. The average Bonchev–Trinajstić information content (AvgIpc) is 2.88. The Labute approximate surface area is 211 Å². The molecule has 0 N–H and O–H groups in total. The van der Waals surface area contributed by atoms with E-state index in [2.05, 4.69) is 0 Å². The molecule has 0 radical (unpaired) electrons. The van der Waals surface area contributed by atoms with Crippen molar-refractivity contribution in [2.45, 2.75) is 37.4 Å². The number of benzene rings is 3. The van der Waals surface area contributed by atoms with Crippen molar-refractivity contribution in [3.05, 3.63) is 107 Å². The number of methoxy groups -OCH3 is 1. The van der Waals surface area contributed by atoms with Crippen LogP contribution in [-0.4, -0.2) is 43.2 Å². The number of amides is 1. The molecule has 0 fully saturated rings. The molecule has 0 saturated carbocycles. The van der Waals surface area contributed by atoms with E-state index in [9.17, 15) is 17.6 Å². The lowest BCUT2D eigenvalue weighted by molar-refractivity contribution is -0.137. The number of carbonyl (C=O) groups excluding carboxylic acids is 1. The van der Waals surface area contributed by atoms with E-state index in [0.717, 1.165) is 16.7 Å². The van der Waals surface area contributed by atoms with Gasteiger partial charge in [-0.25, -0.2) is 12.8 Å². The number of hydrogen-bond donors (Lipinski definition) is 0. The van der Waals surface area contributed by atoms with Crippen LogP contribution in [0.2, 0.25) is 0 Å². The van der Waals surface area contributed by atoms with Crippen LogP contribution in [0.25, 0.3) is 0 Å². The van der Waals surface area contributed by atoms with Crippen LogP contribution in [0.5, 0.6) is 5.75 Å². The number of rotatable bonds is 6. The SMILES string of the molecule is COc1ccc(C2/C=C\CN(S(=O)(=O)c3ccc(C)cc3)[C@@H](C)C(=O)N2Cc2ccc(F)cc2)cc1. The third-order valence-electron chi connectivity index (χ3n) is 6.36. The van der Waals surface area contributed by atoms with E-state index >= 15 is 0 Å². The molecule has 188 valence electrons. The third kappa shape index (κ3) is 5.34. The Kier molecular flexibility index (Phi) is 7.56. The summed E-state index contributed by atoms with van der Waals surface area (Å²) in [7, 11) is -2.34. The molecule has 0 spiro atoms. The summed E-state index contributed by atoms with van der Waals surface area (Å²) < 4.78 is 47.0. The first-order valence-corrected chi connectivity index (χ1v) is 13.1. The van der Waals surface area contributed by atoms with Crippen molar-refractivity contribution in [3.63, 3.8) is 0 Å². The summed E-state index contributed by atoms with van der Waals surface area (Å²) in [5.41, 5.74) is 2.53. The van der Waals surface area contributed by atoms with Crippen molar-refractivity contribution < 1.29 is 22.3 Å². The van der Waals surface area contributed by atoms with Crippen LogP contribution in [0, 0.1) is 12.7 Å². The summed E-state index contributed by atoms with van der Waals surface area (Å²) in [4.78, 5) is 15.7. The number of hydrogen-bond acceptors (Lipinski definition) is 4. The lowest BCUT2D eigenvalue weighted by Crippen LogP contribution is -2.51. The first-order chi connectivity index (χ1) is 17.2. The molecule has 4 rings (SSSR count). The van der Waals surface area contributed by atoms with E-state index < -0.39 is 22.1 Å². The van der Waals surface area contributed by atoms with Gasteiger partial charge < -0.3 is 9.64 Å². The fraction of sp³-hybridized carbons (Fsp3) is 0.250. The Bertz CT molecular complexity index is 1340. The minimum Gasteiger partial charge on any atom is -0.497 e. The van der Waals surface area contributed by atoms with E-state index in [1.165, 1.54) is 16.4 Å². The van der Waals surface area contributed by atoms with Crippen molar-refractivity contribution in [1.82, 2.24) is 9.21 Å². The summed E-state index contributed by atoms with van der Waals surface area (Å²) >= 11 is 0. The monoisotopic (exact) mass is 508 g/mol. The lowest BCUT2D eigenvalue weighted by atomic mass is 10.0. The van der Waals surface area contributed by atoms with Crippen molar-refractivity contribution in [1.29, 1.82) is 0 Å². The summed E-state index contributed by atoms with van der Waals surface area (Å²) in [6, 6.07) is 18.5. The van der Waals surface area contributed by atoms with Crippen LogP contribution < -0.4 is 4.74 Å². The van der Waals surface area contributed by atoms with Gasteiger partial charge in [-0.2, -0.15) is 4.31 Å². The molecule has 1 aliphatic heterocycles. The number of sulfonamides is 1. The van der Waals surface area contributed by atoms with Gasteiger partial charge in [0, 0.05) is 13.1 Å². The highest BCUT2D eigenvalue weighted by Gasteiger charge is 2.38. The molecule has 1 heterocycles. The molecule has 8 heteroatoms. The molecule has 0 aromatic heterocycles. The fourth-order valence-corrected chi connectivity index (χ4v) is 5.80. The molecule has 0 aliphatic carbocycles. The lowest BCUT2D eigenvalue weighted by Gasteiger charge is -2.37. The maximum Gasteiger partial charge on any atom is 0.244 e. The maximum absolute atomic E-state index is 13.9. The summed E-state index contributed by atoms with van der Waals surface area (Å²) in [5, 5.41) is 0. The second kappa shape index (κ2) is 10.6. The second-order valence-corrected chi connectivity index (χ2v) is 10.7. The zero-order valence-corrected chi connectivity index (χ0v) is 21.3. The predicted molar refractivity (Wildman–Crippen MR) is 136 cm³/mol. The van der Waals surface area contributed by atoms with Crippen molar-refractivity contribution in [3.8, 4) is 5.75 Å². The molecule has 3 aromatic rings. The van der Waals surface area contributed by atoms with Crippen LogP contribution in [0.15, 0.2) is 89.8 Å². The van der Waals surface area contributed by atoms with Gasteiger partial charge in [-0.1, -0.05) is 54.1 Å². The molecule has 1 aliphatic rings. The average molecular weight is 509 g/mol. The number of halogens is 1. The smallest absolute Gasteiger partial charge is 0.244 e. The van der Waals surface area contributed by atoms with Crippen LogP contribution in [-0.2, 0) is 21.4 Å². The zero-order valence-electron chi connectivity index (χ0n) is 20.5. The number of nitrogens with zero attached hydrogens (tertiary/aromatic N) is 2. The highest BCUT2D eigenvalue weighted by Crippen LogP contribution is 2.31. The van der Waals surface area contributed by atoms with Crippen molar-refractivity contribution in [2.24, 2.45) is 0 Å². The molecule has 1 amide bonds. The minimum atomic E-state index is -3.92. The second-order valence-electron chi connectivity index (χ2n) is 8.80. The largest absolute Gasteiger partial charge is 0.497 e. The fourth-order valence-electron chi connectivity index (χ4n) is 4.26. The third-order valence-corrected chi connectivity index (χ3v) is 8.31. The van der Waals surface area contributed by atoms with Crippen LogP contribution >= 0.6 is 0 Å². The molecular formula is C28H29FN2O4S. The summed E-state index contributed by atoms with van der Waals surface area (Å²) in [6.07, 6.45) is 3.62. The first kappa shape index (κ1) is 25.6.